The highest BCUT2D eigenvalue weighted by Crippen LogP contribution is 2.26. The van der Waals surface area contributed by atoms with Crippen LogP contribution in [-0.4, -0.2) is 61.6 Å². The van der Waals surface area contributed by atoms with Gasteiger partial charge in [-0.15, -0.1) is 0 Å². The Morgan fingerprint density at radius 1 is 1.33 bits per heavy atom. The number of piperidine rings is 1. The van der Waals surface area contributed by atoms with Crippen molar-refractivity contribution in [2.24, 2.45) is 0 Å². The van der Waals surface area contributed by atoms with E-state index in [0.717, 1.165) is 19.5 Å². The number of hydrogen-bond donors (Lipinski definition) is 0. The number of likely N-dealkylation sites (N-methyl/N-ethyl adjacent to an activating group) is 1. The standard InChI is InChI=1S/C11H20N2O2/c1-12-6-3-4-9(8-12)13-7-5-10(13)11(14)15-2/h9-10H,3-8H2,1-2H3. The molecule has 2 saturated heterocycles. The number of ether oxygens (including phenoxy) is 1. The molecular weight excluding hydrogens is 192 g/mol. The molecule has 0 aromatic rings. The molecule has 2 fully saturated rings. The third-order valence-electron chi connectivity index (χ3n) is 3.60. The predicted molar refractivity (Wildman–Crippen MR) is 57.6 cm³/mol. The van der Waals surface area contributed by atoms with Crippen LogP contribution >= 0.6 is 0 Å². The van der Waals surface area contributed by atoms with Crippen molar-refractivity contribution in [3.8, 4) is 0 Å². The van der Waals surface area contributed by atoms with Gasteiger partial charge >= 0.3 is 5.97 Å². The van der Waals surface area contributed by atoms with Crippen molar-refractivity contribution in [2.75, 3.05) is 33.8 Å². The van der Waals surface area contributed by atoms with E-state index in [1.165, 1.54) is 26.5 Å². The lowest BCUT2D eigenvalue weighted by Crippen LogP contribution is -2.60. The van der Waals surface area contributed by atoms with E-state index in [9.17, 15) is 4.79 Å². The van der Waals surface area contributed by atoms with Crippen molar-refractivity contribution in [1.82, 2.24) is 9.80 Å². The van der Waals surface area contributed by atoms with Gasteiger partial charge < -0.3 is 9.64 Å². The van der Waals surface area contributed by atoms with Gasteiger partial charge in [0.2, 0.25) is 0 Å². The first-order valence-electron chi connectivity index (χ1n) is 5.74. The molecule has 0 N–H and O–H groups in total. The second-order valence-electron chi connectivity index (χ2n) is 4.62. The molecule has 0 spiro atoms. The van der Waals surface area contributed by atoms with Crippen LogP contribution in [0.15, 0.2) is 0 Å². The Bertz CT molecular complexity index is 245. The Morgan fingerprint density at radius 2 is 2.13 bits per heavy atom. The van der Waals surface area contributed by atoms with Crippen molar-refractivity contribution >= 4 is 5.97 Å². The molecule has 2 heterocycles. The van der Waals surface area contributed by atoms with Crippen LogP contribution in [0.3, 0.4) is 0 Å². The summed E-state index contributed by atoms with van der Waals surface area (Å²) in [5.41, 5.74) is 0. The summed E-state index contributed by atoms with van der Waals surface area (Å²) in [5, 5.41) is 0. The minimum atomic E-state index is -0.0607. The SMILES string of the molecule is COC(=O)C1CCN1C1CCCN(C)C1. The topological polar surface area (TPSA) is 32.8 Å². The normalized spacial score (nSPS) is 33.5. The van der Waals surface area contributed by atoms with Crippen LogP contribution in [0, 0.1) is 0 Å². The quantitative estimate of drug-likeness (QED) is 0.617. The van der Waals surface area contributed by atoms with Crippen LogP contribution in [0.2, 0.25) is 0 Å². The summed E-state index contributed by atoms with van der Waals surface area (Å²) in [6.07, 6.45) is 3.43. The minimum Gasteiger partial charge on any atom is -0.468 e. The Balaban J connectivity index is 1.90. The number of nitrogens with zero attached hydrogens (tertiary/aromatic N) is 2. The fourth-order valence-corrected chi connectivity index (χ4v) is 2.64. The van der Waals surface area contributed by atoms with E-state index in [1.54, 1.807) is 0 Å². The average Bonchev–Trinajstić information content (AvgIpc) is 2.16. The third-order valence-corrected chi connectivity index (χ3v) is 3.60. The Kier molecular flexibility index (Phi) is 3.26. The molecule has 0 bridgehead atoms. The van der Waals surface area contributed by atoms with Gasteiger partial charge in [0.05, 0.1) is 7.11 Å². The van der Waals surface area contributed by atoms with E-state index in [-0.39, 0.29) is 12.0 Å². The molecule has 0 saturated carbocycles. The first kappa shape index (κ1) is 10.9. The lowest BCUT2D eigenvalue weighted by molar-refractivity contribution is -0.154. The fraction of sp³-hybridized carbons (Fsp3) is 0.909. The van der Waals surface area contributed by atoms with Crippen LogP contribution < -0.4 is 0 Å². The van der Waals surface area contributed by atoms with Crippen LogP contribution in [0.25, 0.3) is 0 Å². The first-order valence-corrected chi connectivity index (χ1v) is 5.74. The molecule has 0 aromatic heterocycles. The van der Waals surface area contributed by atoms with Crippen molar-refractivity contribution in [2.45, 2.75) is 31.3 Å². The first-order chi connectivity index (χ1) is 7.22. The highest BCUT2D eigenvalue weighted by molar-refractivity contribution is 5.76. The van der Waals surface area contributed by atoms with Crippen molar-refractivity contribution in [3.63, 3.8) is 0 Å². The van der Waals surface area contributed by atoms with Crippen molar-refractivity contribution in [1.29, 1.82) is 0 Å². The van der Waals surface area contributed by atoms with Crippen LogP contribution in [0.5, 0.6) is 0 Å². The Labute approximate surface area is 91.2 Å². The molecule has 2 unspecified atom stereocenters. The second kappa shape index (κ2) is 4.49. The number of esters is 1. The van der Waals surface area contributed by atoms with Gasteiger partial charge in [-0.1, -0.05) is 0 Å². The summed E-state index contributed by atoms with van der Waals surface area (Å²) in [7, 11) is 3.63. The summed E-state index contributed by atoms with van der Waals surface area (Å²) >= 11 is 0. The van der Waals surface area contributed by atoms with Gasteiger partial charge in [-0.2, -0.15) is 0 Å². The van der Waals surface area contributed by atoms with Crippen molar-refractivity contribution < 1.29 is 9.53 Å². The Morgan fingerprint density at radius 3 is 2.67 bits per heavy atom. The molecule has 0 amide bonds. The zero-order valence-electron chi connectivity index (χ0n) is 9.61. The number of likely N-dealkylation sites (tertiary alicyclic amines) is 2. The molecule has 86 valence electrons. The highest BCUT2D eigenvalue weighted by Gasteiger charge is 2.40. The van der Waals surface area contributed by atoms with Crippen molar-refractivity contribution in [3.05, 3.63) is 0 Å². The van der Waals surface area contributed by atoms with Gasteiger partial charge in [-0.05, 0) is 32.9 Å². The molecule has 0 radical (unpaired) electrons. The van der Waals surface area contributed by atoms with E-state index >= 15 is 0 Å². The number of hydrogen-bond acceptors (Lipinski definition) is 4. The van der Waals surface area contributed by atoms with Gasteiger partial charge in [0.25, 0.3) is 0 Å². The summed E-state index contributed by atoms with van der Waals surface area (Å²) in [4.78, 5) is 16.1. The minimum absolute atomic E-state index is 0.0338. The van der Waals surface area contributed by atoms with Gasteiger partial charge in [-0.25, -0.2) is 0 Å². The highest BCUT2D eigenvalue weighted by atomic mass is 16.5. The maximum atomic E-state index is 11.5. The lowest BCUT2D eigenvalue weighted by atomic mass is 9.95. The summed E-state index contributed by atoms with van der Waals surface area (Å²) in [6.45, 7) is 3.33. The smallest absolute Gasteiger partial charge is 0.323 e. The predicted octanol–water partition coefficient (Wildman–Crippen LogP) is 0.328. The van der Waals surface area contributed by atoms with E-state index < -0.39 is 0 Å². The lowest BCUT2D eigenvalue weighted by Gasteiger charge is -2.47. The molecule has 0 aromatic carbocycles. The molecule has 2 aliphatic rings. The molecular formula is C11H20N2O2. The molecule has 2 atom stereocenters. The Hall–Kier alpha value is -0.610. The van der Waals surface area contributed by atoms with Gasteiger partial charge in [0, 0.05) is 19.1 Å². The molecule has 2 rings (SSSR count). The van der Waals surface area contributed by atoms with Gasteiger partial charge in [0.15, 0.2) is 0 Å². The molecule has 15 heavy (non-hydrogen) atoms. The summed E-state index contributed by atoms with van der Waals surface area (Å²) in [5.74, 6) is -0.0607. The largest absolute Gasteiger partial charge is 0.468 e. The van der Waals surface area contributed by atoms with E-state index in [1.807, 2.05) is 0 Å². The van der Waals surface area contributed by atoms with E-state index in [0.29, 0.717) is 6.04 Å². The average molecular weight is 212 g/mol. The molecule has 0 aliphatic carbocycles. The second-order valence-corrected chi connectivity index (χ2v) is 4.62. The zero-order valence-corrected chi connectivity index (χ0v) is 9.61. The van der Waals surface area contributed by atoms with E-state index in [4.69, 9.17) is 4.74 Å². The number of methoxy groups -OCH3 is 1. The number of rotatable bonds is 2. The summed E-state index contributed by atoms with van der Waals surface area (Å²) in [6, 6.07) is 0.591. The zero-order chi connectivity index (χ0) is 10.8. The van der Waals surface area contributed by atoms with Crippen LogP contribution in [-0.2, 0) is 9.53 Å². The van der Waals surface area contributed by atoms with E-state index in [2.05, 4.69) is 16.8 Å². The molecule has 2 aliphatic heterocycles. The van der Waals surface area contributed by atoms with Gasteiger partial charge in [0.1, 0.15) is 6.04 Å². The fourth-order valence-electron chi connectivity index (χ4n) is 2.64. The maximum Gasteiger partial charge on any atom is 0.323 e. The summed E-state index contributed by atoms with van der Waals surface area (Å²) < 4.78 is 4.81. The van der Waals surface area contributed by atoms with Crippen LogP contribution in [0.4, 0.5) is 0 Å². The third kappa shape index (κ3) is 2.16. The van der Waals surface area contributed by atoms with Crippen LogP contribution in [0.1, 0.15) is 19.3 Å². The monoisotopic (exact) mass is 212 g/mol. The number of carbonyl (C=O) groups is 1. The number of carbonyl (C=O) groups excluding carboxylic acids is 1. The molecule has 4 heteroatoms. The molecule has 4 nitrogen and oxygen atoms in total. The maximum absolute atomic E-state index is 11.5. The van der Waals surface area contributed by atoms with Gasteiger partial charge in [-0.3, -0.25) is 9.69 Å².